The molecule has 0 aromatic heterocycles. The van der Waals surface area contributed by atoms with Crippen LogP contribution >= 0.6 is 12.4 Å². The summed E-state index contributed by atoms with van der Waals surface area (Å²) >= 11 is 0. The second kappa shape index (κ2) is 8.59. The summed E-state index contributed by atoms with van der Waals surface area (Å²) in [5.41, 5.74) is 0. The predicted octanol–water partition coefficient (Wildman–Crippen LogP) is 1.31. The SMILES string of the molecule is CC(C)C(=O)N1CCC(NC(=O)[C@H]2CCCCN2)CC1.Cl. The van der Waals surface area contributed by atoms with Gasteiger partial charge < -0.3 is 15.5 Å². The lowest BCUT2D eigenvalue weighted by Gasteiger charge is -2.34. The molecular formula is C15H28ClN3O2. The van der Waals surface area contributed by atoms with Gasteiger partial charge in [0.1, 0.15) is 0 Å². The number of carbonyl (C=O) groups excluding carboxylic acids is 2. The molecule has 2 amide bonds. The Morgan fingerprint density at radius 1 is 1.14 bits per heavy atom. The van der Waals surface area contributed by atoms with E-state index in [0.29, 0.717) is 0 Å². The van der Waals surface area contributed by atoms with Crippen molar-refractivity contribution < 1.29 is 9.59 Å². The normalized spacial score (nSPS) is 23.6. The summed E-state index contributed by atoms with van der Waals surface area (Å²) in [5.74, 6) is 0.426. The third-order valence-electron chi connectivity index (χ3n) is 4.27. The minimum absolute atomic E-state index is 0. The molecule has 5 nitrogen and oxygen atoms in total. The van der Waals surface area contributed by atoms with Gasteiger partial charge in [0.2, 0.25) is 11.8 Å². The Morgan fingerprint density at radius 2 is 1.81 bits per heavy atom. The quantitative estimate of drug-likeness (QED) is 0.825. The molecule has 21 heavy (non-hydrogen) atoms. The van der Waals surface area contributed by atoms with Crippen molar-refractivity contribution in [1.29, 1.82) is 0 Å². The molecule has 6 heteroatoms. The maximum absolute atomic E-state index is 12.1. The molecule has 0 aliphatic carbocycles. The van der Waals surface area contributed by atoms with Crippen molar-refractivity contribution in [3.05, 3.63) is 0 Å². The third kappa shape index (κ3) is 5.15. The lowest BCUT2D eigenvalue weighted by Crippen LogP contribution is -2.53. The van der Waals surface area contributed by atoms with E-state index in [1.54, 1.807) is 0 Å². The van der Waals surface area contributed by atoms with Crippen LogP contribution in [0.25, 0.3) is 0 Å². The van der Waals surface area contributed by atoms with E-state index in [9.17, 15) is 9.59 Å². The van der Waals surface area contributed by atoms with E-state index in [-0.39, 0.29) is 42.2 Å². The Bertz CT molecular complexity index is 349. The van der Waals surface area contributed by atoms with Gasteiger partial charge in [0.05, 0.1) is 6.04 Å². The summed E-state index contributed by atoms with van der Waals surface area (Å²) in [7, 11) is 0. The maximum atomic E-state index is 12.1. The Hall–Kier alpha value is -0.810. The Morgan fingerprint density at radius 3 is 2.33 bits per heavy atom. The van der Waals surface area contributed by atoms with Crippen molar-refractivity contribution in [2.45, 2.75) is 58.0 Å². The van der Waals surface area contributed by atoms with Crippen LogP contribution in [-0.4, -0.2) is 48.4 Å². The van der Waals surface area contributed by atoms with Crippen LogP contribution in [0.2, 0.25) is 0 Å². The maximum Gasteiger partial charge on any atom is 0.237 e. The van der Waals surface area contributed by atoms with E-state index in [4.69, 9.17) is 0 Å². The first-order valence-corrected chi connectivity index (χ1v) is 7.90. The largest absolute Gasteiger partial charge is 0.352 e. The van der Waals surface area contributed by atoms with Crippen LogP contribution in [0.15, 0.2) is 0 Å². The second-order valence-corrected chi connectivity index (χ2v) is 6.27. The molecule has 2 aliphatic rings. The fraction of sp³-hybridized carbons (Fsp3) is 0.867. The van der Waals surface area contributed by atoms with E-state index in [0.717, 1.165) is 45.3 Å². The van der Waals surface area contributed by atoms with Gasteiger partial charge in [0.25, 0.3) is 0 Å². The first-order chi connectivity index (χ1) is 9.58. The highest BCUT2D eigenvalue weighted by Gasteiger charge is 2.27. The van der Waals surface area contributed by atoms with Crippen LogP contribution in [0.1, 0.15) is 46.0 Å². The third-order valence-corrected chi connectivity index (χ3v) is 4.27. The monoisotopic (exact) mass is 317 g/mol. The molecule has 0 radical (unpaired) electrons. The second-order valence-electron chi connectivity index (χ2n) is 6.27. The van der Waals surface area contributed by atoms with Crippen LogP contribution in [0.3, 0.4) is 0 Å². The number of hydrogen-bond donors (Lipinski definition) is 2. The first kappa shape index (κ1) is 18.2. The number of carbonyl (C=O) groups is 2. The summed E-state index contributed by atoms with van der Waals surface area (Å²) in [6.07, 6.45) is 4.98. The fourth-order valence-corrected chi connectivity index (χ4v) is 2.99. The smallest absolute Gasteiger partial charge is 0.237 e. The van der Waals surface area contributed by atoms with E-state index >= 15 is 0 Å². The molecule has 2 aliphatic heterocycles. The lowest BCUT2D eigenvalue weighted by atomic mass is 10.0. The molecule has 122 valence electrons. The van der Waals surface area contributed by atoms with E-state index in [2.05, 4.69) is 10.6 Å². The molecule has 2 heterocycles. The average Bonchev–Trinajstić information content (AvgIpc) is 2.48. The molecule has 0 bridgehead atoms. The molecule has 0 aromatic rings. The molecule has 2 rings (SSSR count). The molecule has 0 saturated carbocycles. The van der Waals surface area contributed by atoms with Gasteiger partial charge in [-0.25, -0.2) is 0 Å². The Kier molecular flexibility index (Phi) is 7.46. The highest BCUT2D eigenvalue weighted by molar-refractivity contribution is 5.85. The number of piperidine rings is 2. The number of rotatable bonds is 3. The summed E-state index contributed by atoms with van der Waals surface area (Å²) < 4.78 is 0. The molecule has 2 N–H and O–H groups in total. The minimum atomic E-state index is -0.0147. The summed E-state index contributed by atoms with van der Waals surface area (Å²) in [6, 6.07) is 0.210. The van der Waals surface area contributed by atoms with E-state index in [1.165, 1.54) is 6.42 Å². The molecule has 0 spiro atoms. The zero-order valence-electron chi connectivity index (χ0n) is 13.1. The number of hydrogen-bond acceptors (Lipinski definition) is 3. The van der Waals surface area contributed by atoms with Crippen molar-refractivity contribution >= 4 is 24.2 Å². The predicted molar refractivity (Wildman–Crippen MR) is 85.5 cm³/mol. The van der Waals surface area contributed by atoms with Crippen LogP contribution in [-0.2, 0) is 9.59 Å². The van der Waals surface area contributed by atoms with Crippen molar-refractivity contribution in [2.24, 2.45) is 5.92 Å². The number of nitrogens with zero attached hydrogens (tertiary/aromatic N) is 1. The Labute approximate surface area is 133 Å². The molecule has 0 aromatic carbocycles. The first-order valence-electron chi connectivity index (χ1n) is 7.90. The van der Waals surface area contributed by atoms with Crippen molar-refractivity contribution in [3.63, 3.8) is 0 Å². The van der Waals surface area contributed by atoms with Gasteiger partial charge in [0.15, 0.2) is 0 Å². The number of amides is 2. The van der Waals surface area contributed by atoms with Crippen LogP contribution in [0.5, 0.6) is 0 Å². The van der Waals surface area contributed by atoms with Gasteiger partial charge in [-0.15, -0.1) is 12.4 Å². The summed E-state index contributed by atoms with van der Waals surface area (Å²) in [4.78, 5) is 26.0. The van der Waals surface area contributed by atoms with Gasteiger partial charge in [-0.2, -0.15) is 0 Å². The van der Waals surface area contributed by atoms with Gasteiger partial charge >= 0.3 is 0 Å². The van der Waals surface area contributed by atoms with Crippen molar-refractivity contribution in [2.75, 3.05) is 19.6 Å². The number of likely N-dealkylation sites (tertiary alicyclic amines) is 1. The van der Waals surface area contributed by atoms with Crippen LogP contribution in [0, 0.1) is 5.92 Å². The molecule has 2 fully saturated rings. The number of halogens is 1. The standard InChI is InChI=1S/C15H27N3O2.ClH/c1-11(2)15(20)18-9-6-12(7-10-18)17-14(19)13-5-3-4-8-16-13;/h11-13,16H,3-10H2,1-2H3,(H,17,19);1H/t13-;/m1./s1. The van der Waals surface area contributed by atoms with Crippen molar-refractivity contribution in [1.82, 2.24) is 15.5 Å². The lowest BCUT2D eigenvalue weighted by molar-refractivity contribution is -0.135. The highest BCUT2D eigenvalue weighted by Crippen LogP contribution is 2.14. The zero-order valence-corrected chi connectivity index (χ0v) is 13.9. The van der Waals surface area contributed by atoms with Crippen LogP contribution < -0.4 is 10.6 Å². The van der Waals surface area contributed by atoms with Gasteiger partial charge in [-0.1, -0.05) is 20.3 Å². The molecule has 1 atom stereocenters. The zero-order chi connectivity index (χ0) is 14.5. The Balaban J connectivity index is 0.00000220. The average molecular weight is 318 g/mol. The van der Waals surface area contributed by atoms with E-state index in [1.807, 2.05) is 18.7 Å². The summed E-state index contributed by atoms with van der Waals surface area (Å²) in [5, 5.41) is 6.41. The molecule has 2 saturated heterocycles. The van der Waals surface area contributed by atoms with Crippen LogP contribution in [0.4, 0.5) is 0 Å². The molecular weight excluding hydrogens is 290 g/mol. The minimum Gasteiger partial charge on any atom is -0.352 e. The van der Waals surface area contributed by atoms with E-state index < -0.39 is 0 Å². The highest BCUT2D eigenvalue weighted by atomic mass is 35.5. The summed E-state index contributed by atoms with van der Waals surface area (Å²) in [6.45, 7) is 6.34. The topological polar surface area (TPSA) is 61.4 Å². The van der Waals surface area contributed by atoms with Gasteiger partial charge in [-0.05, 0) is 32.2 Å². The molecule has 0 unspecified atom stereocenters. The van der Waals surface area contributed by atoms with Gasteiger partial charge in [0, 0.05) is 25.0 Å². The van der Waals surface area contributed by atoms with Gasteiger partial charge in [-0.3, -0.25) is 9.59 Å². The van der Waals surface area contributed by atoms with Crippen molar-refractivity contribution in [3.8, 4) is 0 Å². The number of nitrogens with one attached hydrogen (secondary N) is 2. The fourth-order valence-electron chi connectivity index (χ4n) is 2.99.